The monoisotopic (exact) mass is 444 g/mol. The maximum absolute atomic E-state index is 13.5. The molecule has 1 aromatic carbocycles. The Morgan fingerprint density at radius 1 is 1.12 bits per heavy atom. The van der Waals surface area contributed by atoms with Crippen LogP contribution in [0, 0.1) is 6.92 Å². The number of anilines is 2. The van der Waals surface area contributed by atoms with Gasteiger partial charge in [0.25, 0.3) is 5.91 Å². The van der Waals surface area contributed by atoms with Crippen LogP contribution in [0.3, 0.4) is 0 Å². The fourth-order valence-electron chi connectivity index (χ4n) is 4.87. The number of benzene rings is 1. The fourth-order valence-corrected chi connectivity index (χ4v) is 4.87. The van der Waals surface area contributed by atoms with E-state index in [1.54, 1.807) is 6.20 Å². The van der Waals surface area contributed by atoms with Crippen LogP contribution in [0.15, 0.2) is 65.1 Å². The second kappa shape index (κ2) is 9.61. The van der Waals surface area contributed by atoms with Crippen LogP contribution in [0.4, 0.5) is 11.5 Å². The van der Waals surface area contributed by atoms with Crippen LogP contribution in [0.1, 0.15) is 57.1 Å². The molecule has 2 aliphatic rings. The van der Waals surface area contributed by atoms with E-state index < -0.39 is 5.92 Å². The Hall–Kier alpha value is -3.41. The summed E-state index contributed by atoms with van der Waals surface area (Å²) < 4.78 is 0. The van der Waals surface area contributed by atoms with Gasteiger partial charge in [-0.25, -0.2) is 4.98 Å². The molecular weight excluding hydrogens is 412 g/mol. The van der Waals surface area contributed by atoms with Crippen LogP contribution in [-0.4, -0.2) is 29.8 Å². The molecule has 6 heteroatoms. The molecule has 2 N–H and O–H groups in total. The quantitative estimate of drug-likeness (QED) is 0.667. The van der Waals surface area contributed by atoms with E-state index >= 15 is 0 Å². The van der Waals surface area contributed by atoms with E-state index in [-0.39, 0.29) is 11.7 Å². The van der Waals surface area contributed by atoms with Crippen molar-refractivity contribution < 1.29 is 9.59 Å². The Kier molecular flexibility index (Phi) is 6.63. The molecule has 33 heavy (non-hydrogen) atoms. The number of Topliss-reactive ketones (excluding diaryl/α,β-unsaturated/α-hetero) is 1. The number of carbonyl (C=O) groups is 2. The molecule has 2 heterocycles. The standard InChI is InChI=1S/C27H32N4O2/c1-5-31(6-2)20-12-10-19(11-13-20)25-24(27(33)30-23-16-17(3)14-15-28-23)18(4)29-21-8-7-9-22(32)26(21)25/h10-16,25,29H,5-9H2,1-4H3,(H,28,30,33)/t25-/m0/s1. The lowest BCUT2D eigenvalue weighted by atomic mass is 9.75. The van der Waals surface area contributed by atoms with E-state index in [1.807, 2.05) is 26.0 Å². The summed E-state index contributed by atoms with van der Waals surface area (Å²) in [6.07, 6.45) is 3.85. The smallest absolute Gasteiger partial charge is 0.255 e. The molecule has 0 unspecified atom stereocenters. The molecule has 1 amide bonds. The summed E-state index contributed by atoms with van der Waals surface area (Å²) in [5, 5.41) is 6.32. The van der Waals surface area contributed by atoms with Gasteiger partial charge in [0.2, 0.25) is 0 Å². The first-order valence-electron chi connectivity index (χ1n) is 11.8. The number of aromatic nitrogens is 1. The minimum atomic E-state index is -0.399. The molecule has 0 radical (unpaired) electrons. The summed E-state index contributed by atoms with van der Waals surface area (Å²) in [4.78, 5) is 33.2. The number of rotatable bonds is 6. The van der Waals surface area contributed by atoms with Crippen molar-refractivity contribution in [2.24, 2.45) is 0 Å². The molecule has 0 bridgehead atoms. The van der Waals surface area contributed by atoms with Crippen LogP contribution in [0.25, 0.3) is 0 Å². The molecule has 1 aliphatic carbocycles. The van der Waals surface area contributed by atoms with Crippen molar-refractivity contribution in [3.8, 4) is 0 Å². The maximum Gasteiger partial charge on any atom is 0.255 e. The first-order valence-corrected chi connectivity index (χ1v) is 11.8. The van der Waals surface area contributed by atoms with Gasteiger partial charge in [-0.2, -0.15) is 0 Å². The zero-order chi connectivity index (χ0) is 23.5. The molecule has 0 saturated carbocycles. The van der Waals surface area contributed by atoms with E-state index in [4.69, 9.17) is 0 Å². The van der Waals surface area contributed by atoms with Gasteiger partial charge in [0.1, 0.15) is 5.82 Å². The van der Waals surface area contributed by atoms with E-state index in [0.717, 1.165) is 59.7 Å². The van der Waals surface area contributed by atoms with Crippen molar-refractivity contribution in [1.82, 2.24) is 10.3 Å². The highest BCUT2D eigenvalue weighted by Crippen LogP contribution is 2.42. The topological polar surface area (TPSA) is 74.3 Å². The highest BCUT2D eigenvalue weighted by atomic mass is 16.2. The Balaban J connectivity index is 1.75. The number of allylic oxidation sites excluding steroid dienone is 3. The van der Waals surface area contributed by atoms with Crippen LogP contribution < -0.4 is 15.5 Å². The number of amides is 1. The maximum atomic E-state index is 13.5. The minimum absolute atomic E-state index is 0.119. The third-order valence-corrected chi connectivity index (χ3v) is 6.53. The fraction of sp³-hybridized carbons (Fsp3) is 0.370. The van der Waals surface area contributed by atoms with Crippen LogP contribution in [-0.2, 0) is 9.59 Å². The number of aryl methyl sites for hydroxylation is 1. The van der Waals surface area contributed by atoms with Crippen molar-refractivity contribution in [2.45, 2.75) is 52.9 Å². The van der Waals surface area contributed by atoms with Crippen molar-refractivity contribution in [2.75, 3.05) is 23.3 Å². The zero-order valence-corrected chi connectivity index (χ0v) is 19.9. The Labute approximate surface area is 195 Å². The van der Waals surface area contributed by atoms with Gasteiger partial charge in [0.15, 0.2) is 5.78 Å². The van der Waals surface area contributed by atoms with Gasteiger partial charge in [-0.15, -0.1) is 0 Å². The molecule has 172 valence electrons. The number of ketones is 1. The first kappa shape index (κ1) is 22.8. The number of carbonyl (C=O) groups excluding carboxylic acids is 2. The van der Waals surface area contributed by atoms with E-state index in [9.17, 15) is 9.59 Å². The zero-order valence-electron chi connectivity index (χ0n) is 19.9. The highest BCUT2D eigenvalue weighted by molar-refractivity contribution is 6.09. The lowest BCUT2D eigenvalue weighted by Gasteiger charge is -2.34. The van der Waals surface area contributed by atoms with Gasteiger partial charge in [-0.3, -0.25) is 9.59 Å². The predicted molar refractivity (Wildman–Crippen MR) is 132 cm³/mol. The molecule has 0 fully saturated rings. The second-order valence-corrected chi connectivity index (χ2v) is 8.70. The van der Waals surface area contributed by atoms with E-state index in [2.05, 4.69) is 58.6 Å². The first-order chi connectivity index (χ1) is 15.9. The summed E-state index contributed by atoms with van der Waals surface area (Å²) in [7, 11) is 0. The number of dihydropyridines is 1. The van der Waals surface area contributed by atoms with Crippen molar-refractivity contribution in [3.63, 3.8) is 0 Å². The molecule has 2 aromatic rings. The van der Waals surface area contributed by atoms with Gasteiger partial charge >= 0.3 is 0 Å². The minimum Gasteiger partial charge on any atom is -0.372 e. The number of hydrogen-bond donors (Lipinski definition) is 2. The average Bonchev–Trinajstić information content (AvgIpc) is 2.79. The summed E-state index contributed by atoms with van der Waals surface area (Å²) in [5.74, 6) is -0.0100. The number of nitrogens with one attached hydrogen (secondary N) is 2. The lowest BCUT2D eigenvalue weighted by Crippen LogP contribution is -2.35. The van der Waals surface area contributed by atoms with Crippen LogP contribution in [0.2, 0.25) is 0 Å². The molecule has 1 aliphatic heterocycles. The van der Waals surface area contributed by atoms with Crippen molar-refractivity contribution >= 4 is 23.2 Å². The van der Waals surface area contributed by atoms with Gasteiger partial charge in [-0.05, 0) is 75.9 Å². The normalized spacial score (nSPS) is 18.1. The molecule has 0 saturated heterocycles. The Bertz CT molecular complexity index is 1130. The van der Waals surface area contributed by atoms with E-state index in [0.29, 0.717) is 17.8 Å². The van der Waals surface area contributed by atoms with Crippen LogP contribution >= 0.6 is 0 Å². The van der Waals surface area contributed by atoms with E-state index in [1.165, 1.54) is 0 Å². The summed E-state index contributed by atoms with van der Waals surface area (Å²) in [6, 6.07) is 12.0. The molecule has 6 nitrogen and oxygen atoms in total. The largest absolute Gasteiger partial charge is 0.372 e. The van der Waals surface area contributed by atoms with Gasteiger partial charge in [-0.1, -0.05) is 12.1 Å². The van der Waals surface area contributed by atoms with Crippen molar-refractivity contribution in [1.29, 1.82) is 0 Å². The molecule has 1 aromatic heterocycles. The van der Waals surface area contributed by atoms with Crippen LogP contribution in [0.5, 0.6) is 0 Å². The van der Waals surface area contributed by atoms with Gasteiger partial charge < -0.3 is 15.5 Å². The lowest BCUT2D eigenvalue weighted by molar-refractivity contribution is -0.116. The summed E-state index contributed by atoms with van der Waals surface area (Å²) in [6.45, 7) is 9.99. The average molecular weight is 445 g/mol. The highest BCUT2D eigenvalue weighted by Gasteiger charge is 2.38. The molecule has 0 spiro atoms. The molecular formula is C27H32N4O2. The molecule has 1 atom stereocenters. The second-order valence-electron chi connectivity index (χ2n) is 8.70. The number of hydrogen-bond acceptors (Lipinski definition) is 5. The summed E-state index contributed by atoms with van der Waals surface area (Å²) in [5.41, 5.74) is 6.14. The predicted octanol–water partition coefficient (Wildman–Crippen LogP) is 4.84. The van der Waals surface area contributed by atoms with Gasteiger partial charge in [0, 0.05) is 59.9 Å². The number of nitrogens with zero attached hydrogens (tertiary/aromatic N) is 2. The Morgan fingerprint density at radius 3 is 2.52 bits per heavy atom. The Morgan fingerprint density at radius 2 is 1.85 bits per heavy atom. The third kappa shape index (κ3) is 4.56. The van der Waals surface area contributed by atoms with Gasteiger partial charge in [0.05, 0.1) is 0 Å². The van der Waals surface area contributed by atoms with Crippen molar-refractivity contribution in [3.05, 3.63) is 76.3 Å². The third-order valence-electron chi connectivity index (χ3n) is 6.53. The molecule has 4 rings (SSSR count). The SMILES string of the molecule is CCN(CC)c1ccc([C@H]2C(C(=O)Nc3cc(C)ccn3)=C(C)NC3=C2C(=O)CCC3)cc1. The summed E-state index contributed by atoms with van der Waals surface area (Å²) >= 11 is 0. The number of pyridine rings is 1.